The summed E-state index contributed by atoms with van der Waals surface area (Å²) in [4.78, 5) is 0. The molecule has 0 N–H and O–H groups in total. The molecule has 104 valence electrons. The fraction of sp³-hybridized carbons (Fsp3) is 0.889. The summed E-state index contributed by atoms with van der Waals surface area (Å²) in [5.41, 5.74) is 0. The lowest BCUT2D eigenvalue weighted by Gasteiger charge is -2.20. The van der Waals surface area contributed by atoms with Gasteiger partial charge in [0.05, 0.1) is 12.3 Å². The maximum absolute atomic E-state index is 12.1. The van der Waals surface area contributed by atoms with E-state index in [9.17, 15) is 8.42 Å². The zero-order chi connectivity index (χ0) is 13.6. The summed E-state index contributed by atoms with van der Waals surface area (Å²) in [6.45, 7) is 5.26. The Bertz CT molecular complexity index is 453. The van der Waals surface area contributed by atoms with Gasteiger partial charge in [0.15, 0.2) is 0 Å². The second kappa shape index (κ2) is 7.05. The van der Waals surface area contributed by atoms with E-state index in [0.29, 0.717) is 18.2 Å². The van der Waals surface area contributed by atoms with Crippen LogP contribution in [0.25, 0.3) is 0 Å². The molecule has 18 heavy (non-hydrogen) atoms. The number of nitrogens with zero attached hydrogens (tertiary/aromatic N) is 5. The summed E-state index contributed by atoms with van der Waals surface area (Å²) in [5.74, 6) is -0.00833. The van der Waals surface area contributed by atoms with E-state index in [4.69, 9.17) is 0 Å². The molecule has 0 radical (unpaired) electrons. The first kappa shape index (κ1) is 15.4. The van der Waals surface area contributed by atoms with Crippen molar-refractivity contribution in [3.63, 3.8) is 0 Å². The van der Waals surface area contributed by atoms with E-state index in [1.165, 1.54) is 8.99 Å². The standard InChI is InChI=1S/C9H19N5O2S2/c1-3-5-13(6-4-2)18(15,16)8-7-14-9(17)10-11-12-14/h3-8H2,1-2H3,(H,10,12,17). The maximum Gasteiger partial charge on any atom is 0.215 e. The molecule has 0 saturated carbocycles. The van der Waals surface area contributed by atoms with Crippen molar-refractivity contribution >= 4 is 22.7 Å². The van der Waals surface area contributed by atoms with Crippen molar-refractivity contribution in [2.45, 2.75) is 38.4 Å². The fourth-order valence-electron chi connectivity index (χ4n) is 1.56. The van der Waals surface area contributed by atoms with Crippen molar-refractivity contribution in [2.75, 3.05) is 18.8 Å². The quantitative estimate of drug-likeness (QED) is 0.702. The van der Waals surface area contributed by atoms with Gasteiger partial charge in [0.1, 0.15) is 0 Å². The van der Waals surface area contributed by atoms with E-state index >= 15 is 0 Å². The topological polar surface area (TPSA) is 81.0 Å². The van der Waals surface area contributed by atoms with Crippen LogP contribution < -0.4 is 0 Å². The van der Waals surface area contributed by atoms with Crippen LogP contribution in [0.4, 0.5) is 0 Å². The van der Waals surface area contributed by atoms with Gasteiger partial charge in [-0.25, -0.2) is 17.4 Å². The van der Waals surface area contributed by atoms with Crippen LogP contribution in [0, 0.1) is 0 Å². The Labute approximate surface area is 113 Å². The molecule has 0 aromatic carbocycles. The van der Waals surface area contributed by atoms with Crippen LogP contribution in [0.15, 0.2) is 5.16 Å². The highest BCUT2D eigenvalue weighted by molar-refractivity contribution is 7.89. The third kappa shape index (κ3) is 4.21. The Balaban J connectivity index is 2.65. The van der Waals surface area contributed by atoms with Crippen LogP contribution in [0.2, 0.25) is 0 Å². The molecule has 0 amide bonds. The second-order valence-electron chi connectivity index (χ2n) is 3.92. The van der Waals surface area contributed by atoms with Gasteiger partial charge in [-0.15, -0.1) is 17.7 Å². The lowest BCUT2D eigenvalue weighted by Crippen LogP contribution is -2.35. The van der Waals surface area contributed by atoms with Crippen LogP contribution in [0.3, 0.4) is 0 Å². The molecule has 0 saturated heterocycles. The molecular weight excluding hydrogens is 274 g/mol. The molecule has 0 atom stereocenters. The number of hydrogen-bond donors (Lipinski definition) is 1. The smallest absolute Gasteiger partial charge is 0.215 e. The first-order valence-corrected chi connectivity index (χ1v) is 7.99. The number of aryl methyl sites for hydroxylation is 1. The minimum absolute atomic E-state index is 0.00833. The van der Waals surface area contributed by atoms with Gasteiger partial charge < -0.3 is 0 Å². The van der Waals surface area contributed by atoms with Crippen LogP contribution in [0.5, 0.6) is 0 Å². The van der Waals surface area contributed by atoms with E-state index in [1.54, 1.807) is 0 Å². The van der Waals surface area contributed by atoms with E-state index in [1.807, 2.05) is 13.8 Å². The fourth-order valence-corrected chi connectivity index (χ4v) is 3.33. The summed E-state index contributed by atoms with van der Waals surface area (Å²) in [6.07, 6.45) is 1.61. The summed E-state index contributed by atoms with van der Waals surface area (Å²) in [5, 5.41) is 11.0. The largest absolute Gasteiger partial charge is 0.220 e. The van der Waals surface area contributed by atoms with Crippen LogP contribution in [-0.4, -0.2) is 51.8 Å². The molecule has 0 unspecified atom stereocenters. The minimum Gasteiger partial charge on any atom is -0.220 e. The highest BCUT2D eigenvalue weighted by Gasteiger charge is 2.20. The van der Waals surface area contributed by atoms with Gasteiger partial charge in [-0.2, -0.15) is 0 Å². The highest BCUT2D eigenvalue weighted by atomic mass is 32.2. The minimum atomic E-state index is -3.26. The average Bonchev–Trinajstić information content (AvgIpc) is 2.72. The predicted octanol–water partition coefficient (Wildman–Crippen LogP) is 0.414. The molecule has 0 bridgehead atoms. The van der Waals surface area contributed by atoms with Crippen molar-refractivity contribution in [3.05, 3.63) is 0 Å². The molecule has 1 heterocycles. The van der Waals surface area contributed by atoms with E-state index < -0.39 is 10.0 Å². The van der Waals surface area contributed by atoms with Crippen molar-refractivity contribution < 1.29 is 8.42 Å². The number of rotatable bonds is 8. The molecule has 0 aliphatic rings. The van der Waals surface area contributed by atoms with Gasteiger partial charge in [-0.3, -0.25) is 0 Å². The Morgan fingerprint density at radius 1 is 1.28 bits per heavy atom. The summed E-state index contributed by atoms with van der Waals surface area (Å²) in [7, 11) is -3.26. The summed E-state index contributed by atoms with van der Waals surface area (Å²) in [6, 6.07) is 0. The summed E-state index contributed by atoms with van der Waals surface area (Å²) < 4.78 is 27.2. The third-order valence-corrected chi connectivity index (χ3v) is 4.58. The molecule has 0 aliphatic carbocycles. The Morgan fingerprint density at radius 2 is 1.89 bits per heavy atom. The van der Waals surface area contributed by atoms with Gasteiger partial charge in [0.2, 0.25) is 15.2 Å². The van der Waals surface area contributed by atoms with Crippen molar-refractivity contribution in [1.82, 2.24) is 24.5 Å². The van der Waals surface area contributed by atoms with Crippen LogP contribution in [0.1, 0.15) is 26.7 Å². The van der Waals surface area contributed by atoms with Gasteiger partial charge in [-0.05, 0) is 23.3 Å². The third-order valence-electron chi connectivity index (χ3n) is 2.41. The Kier molecular flexibility index (Phi) is 6.03. The molecule has 0 fully saturated rings. The number of aromatic nitrogens is 4. The molecular formula is C9H19N5O2S2. The zero-order valence-corrected chi connectivity index (χ0v) is 12.4. The SMILES string of the molecule is CCCN(CCC)S(=O)(=O)CCn1nnnc1S. The average molecular weight is 293 g/mol. The van der Waals surface area contributed by atoms with Crippen molar-refractivity contribution in [2.24, 2.45) is 0 Å². The highest BCUT2D eigenvalue weighted by Crippen LogP contribution is 2.06. The van der Waals surface area contributed by atoms with E-state index in [0.717, 1.165) is 12.8 Å². The molecule has 7 nitrogen and oxygen atoms in total. The van der Waals surface area contributed by atoms with Gasteiger partial charge in [0, 0.05) is 13.1 Å². The van der Waals surface area contributed by atoms with E-state index in [-0.39, 0.29) is 12.3 Å². The van der Waals surface area contributed by atoms with Gasteiger partial charge in [0.25, 0.3) is 0 Å². The Hall–Kier alpha value is -0.670. The molecule has 1 rings (SSSR count). The Morgan fingerprint density at radius 3 is 2.33 bits per heavy atom. The predicted molar refractivity (Wildman–Crippen MR) is 71.0 cm³/mol. The van der Waals surface area contributed by atoms with E-state index in [2.05, 4.69) is 28.2 Å². The zero-order valence-electron chi connectivity index (χ0n) is 10.7. The molecule has 1 aromatic heterocycles. The normalized spacial score (nSPS) is 12.2. The monoisotopic (exact) mass is 293 g/mol. The second-order valence-corrected chi connectivity index (χ2v) is 6.41. The molecule has 1 aromatic rings. The first-order chi connectivity index (χ1) is 8.51. The number of tetrazole rings is 1. The van der Waals surface area contributed by atoms with Crippen molar-refractivity contribution in [1.29, 1.82) is 0 Å². The molecule has 9 heteroatoms. The molecule has 0 spiro atoms. The molecule has 0 aliphatic heterocycles. The van der Waals surface area contributed by atoms with Gasteiger partial charge in [-0.1, -0.05) is 13.8 Å². The van der Waals surface area contributed by atoms with Gasteiger partial charge >= 0.3 is 0 Å². The lowest BCUT2D eigenvalue weighted by molar-refractivity contribution is 0.406. The maximum atomic E-state index is 12.1. The summed E-state index contributed by atoms with van der Waals surface area (Å²) >= 11 is 4.03. The number of sulfonamides is 1. The lowest BCUT2D eigenvalue weighted by atomic mass is 10.4. The van der Waals surface area contributed by atoms with Crippen molar-refractivity contribution in [3.8, 4) is 0 Å². The number of thiol groups is 1. The van der Waals surface area contributed by atoms with Crippen LogP contribution in [-0.2, 0) is 16.6 Å². The number of hydrogen-bond acceptors (Lipinski definition) is 6. The van der Waals surface area contributed by atoms with Crippen LogP contribution >= 0.6 is 12.6 Å². The first-order valence-electron chi connectivity index (χ1n) is 5.94.